The Morgan fingerprint density at radius 3 is 2.57 bits per heavy atom. The zero-order valence-electron chi connectivity index (χ0n) is 12.1. The summed E-state index contributed by atoms with van der Waals surface area (Å²) in [7, 11) is 0. The van der Waals surface area contributed by atoms with Gasteiger partial charge in [-0.2, -0.15) is 0 Å². The maximum absolute atomic E-state index is 12.9. The van der Waals surface area contributed by atoms with Gasteiger partial charge in [0, 0.05) is 11.5 Å². The Balaban J connectivity index is 1.74. The zero-order valence-corrected chi connectivity index (χ0v) is 12.1. The molecule has 1 aliphatic carbocycles. The van der Waals surface area contributed by atoms with Crippen molar-refractivity contribution in [3.05, 3.63) is 59.2 Å². The summed E-state index contributed by atoms with van der Waals surface area (Å²) in [5.74, 6) is 0.544. The molecule has 0 spiro atoms. The Bertz CT molecular complexity index is 698. The van der Waals surface area contributed by atoms with Gasteiger partial charge in [0.15, 0.2) is 5.78 Å². The number of Topliss-reactive ketones (excluding diaryl/α,β-unsaturated/α-hetero) is 1. The molecule has 2 aromatic rings. The van der Waals surface area contributed by atoms with Gasteiger partial charge in [-0.3, -0.25) is 4.79 Å². The van der Waals surface area contributed by atoms with Crippen molar-refractivity contribution in [2.24, 2.45) is 5.92 Å². The summed E-state index contributed by atoms with van der Waals surface area (Å²) in [6.07, 6.45) is 2.84. The molecule has 106 valence electrons. The van der Waals surface area contributed by atoms with Gasteiger partial charge in [0.2, 0.25) is 0 Å². The van der Waals surface area contributed by atoms with Crippen LogP contribution in [0.2, 0.25) is 0 Å². The fourth-order valence-corrected chi connectivity index (χ4v) is 3.69. The third kappa shape index (κ3) is 2.11. The van der Waals surface area contributed by atoms with Crippen molar-refractivity contribution in [1.29, 1.82) is 0 Å². The van der Waals surface area contributed by atoms with Crippen LogP contribution in [0.3, 0.4) is 0 Å². The number of ketones is 1. The maximum Gasteiger partial charge on any atom is 0.166 e. The predicted octanol–water partition coefficient (Wildman–Crippen LogP) is 3.44. The lowest BCUT2D eigenvalue weighted by Crippen LogP contribution is -2.32. The number of piperidine rings is 1. The average molecular weight is 277 g/mol. The molecule has 2 aromatic carbocycles. The first-order chi connectivity index (χ1) is 10.3. The number of hydrogen-bond donors (Lipinski definition) is 1. The molecular formula is C19H19NO. The van der Waals surface area contributed by atoms with Crippen molar-refractivity contribution in [3.63, 3.8) is 0 Å². The molecule has 0 atom stereocenters. The molecule has 21 heavy (non-hydrogen) atoms. The van der Waals surface area contributed by atoms with Crippen LogP contribution < -0.4 is 5.32 Å². The second-order valence-electron chi connectivity index (χ2n) is 6.05. The van der Waals surface area contributed by atoms with E-state index in [1.807, 2.05) is 12.1 Å². The standard InChI is InChI=1S/C19H19NO/c21-19(13-8-10-20-11-9-13)17-7-3-6-16-15-5-2-1-4-14(15)12-18(16)17/h1-7,13,20H,8-12H2. The van der Waals surface area contributed by atoms with E-state index in [4.69, 9.17) is 0 Å². The SMILES string of the molecule is O=C(c1cccc2c1Cc1ccccc1-2)C1CCNCC1. The van der Waals surface area contributed by atoms with Gasteiger partial charge in [-0.1, -0.05) is 42.5 Å². The Hall–Kier alpha value is -1.93. The highest BCUT2D eigenvalue weighted by Gasteiger charge is 2.27. The molecule has 0 radical (unpaired) electrons. The normalized spacial score (nSPS) is 17.3. The Labute approximate surface area is 125 Å². The molecule has 4 rings (SSSR count). The average Bonchev–Trinajstić information content (AvgIpc) is 2.94. The fraction of sp³-hybridized carbons (Fsp3) is 0.316. The minimum Gasteiger partial charge on any atom is -0.317 e. The van der Waals surface area contributed by atoms with E-state index in [1.54, 1.807) is 0 Å². The van der Waals surface area contributed by atoms with Gasteiger partial charge in [-0.15, -0.1) is 0 Å². The van der Waals surface area contributed by atoms with E-state index in [0.29, 0.717) is 5.78 Å². The van der Waals surface area contributed by atoms with Gasteiger partial charge in [-0.25, -0.2) is 0 Å². The first kappa shape index (κ1) is 12.8. The van der Waals surface area contributed by atoms with Crippen molar-refractivity contribution >= 4 is 5.78 Å². The summed E-state index contributed by atoms with van der Waals surface area (Å²) in [5.41, 5.74) is 6.09. The van der Waals surface area contributed by atoms with Crippen LogP contribution in [0.15, 0.2) is 42.5 Å². The van der Waals surface area contributed by atoms with Crippen LogP contribution in [-0.4, -0.2) is 18.9 Å². The van der Waals surface area contributed by atoms with Gasteiger partial charge >= 0.3 is 0 Å². The predicted molar refractivity (Wildman–Crippen MR) is 84.6 cm³/mol. The van der Waals surface area contributed by atoms with E-state index in [9.17, 15) is 4.79 Å². The van der Waals surface area contributed by atoms with E-state index in [2.05, 4.69) is 35.6 Å². The second-order valence-corrected chi connectivity index (χ2v) is 6.05. The number of carbonyl (C=O) groups is 1. The Kier molecular flexibility index (Phi) is 3.12. The molecule has 0 amide bonds. The minimum atomic E-state index is 0.196. The number of hydrogen-bond acceptors (Lipinski definition) is 2. The summed E-state index contributed by atoms with van der Waals surface area (Å²) >= 11 is 0. The first-order valence-electron chi connectivity index (χ1n) is 7.79. The van der Waals surface area contributed by atoms with Crippen LogP contribution >= 0.6 is 0 Å². The topological polar surface area (TPSA) is 29.1 Å². The molecule has 0 saturated carbocycles. The summed E-state index contributed by atoms with van der Waals surface area (Å²) in [6.45, 7) is 1.93. The van der Waals surface area contributed by atoms with E-state index < -0.39 is 0 Å². The fourth-order valence-electron chi connectivity index (χ4n) is 3.69. The van der Waals surface area contributed by atoms with E-state index in [-0.39, 0.29) is 5.92 Å². The van der Waals surface area contributed by atoms with E-state index >= 15 is 0 Å². The lowest BCUT2D eigenvalue weighted by molar-refractivity contribution is 0.0894. The van der Waals surface area contributed by atoms with E-state index in [1.165, 1.54) is 22.3 Å². The number of fused-ring (bicyclic) bond motifs is 3. The molecule has 0 bridgehead atoms. The molecule has 1 fully saturated rings. The third-order valence-electron chi connectivity index (χ3n) is 4.83. The first-order valence-corrected chi connectivity index (χ1v) is 7.79. The highest BCUT2D eigenvalue weighted by atomic mass is 16.1. The smallest absolute Gasteiger partial charge is 0.166 e. The van der Waals surface area contributed by atoms with Gasteiger partial charge in [-0.05, 0) is 54.6 Å². The molecule has 2 heteroatoms. The Morgan fingerprint density at radius 2 is 1.71 bits per heavy atom. The van der Waals surface area contributed by atoms with Crippen LogP contribution in [0, 0.1) is 5.92 Å². The van der Waals surface area contributed by atoms with Gasteiger partial charge in [0.05, 0.1) is 0 Å². The van der Waals surface area contributed by atoms with Crippen molar-refractivity contribution < 1.29 is 4.79 Å². The largest absolute Gasteiger partial charge is 0.317 e. The van der Waals surface area contributed by atoms with E-state index in [0.717, 1.165) is 37.9 Å². The lowest BCUT2D eigenvalue weighted by atomic mass is 9.86. The molecule has 2 nitrogen and oxygen atoms in total. The third-order valence-corrected chi connectivity index (χ3v) is 4.83. The quantitative estimate of drug-likeness (QED) is 0.727. The molecule has 0 unspecified atom stereocenters. The monoisotopic (exact) mass is 277 g/mol. The zero-order chi connectivity index (χ0) is 14.2. The lowest BCUT2D eigenvalue weighted by Gasteiger charge is -2.22. The van der Waals surface area contributed by atoms with Gasteiger partial charge in [0.1, 0.15) is 0 Å². The molecule has 1 heterocycles. The minimum absolute atomic E-state index is 0.196. The van der Waals surface area contributed by atoms with Gasteiger partial charge in [0.25, 0.3) is 0 Å². The maximum atomic E-state index is 12.9. The molecule has 1 N–H and O–H groups in total. The second kappa shape index (κ2) is 5.12. The van der Waals surface area contributed by atoms with Crippen LogP contribution in [0.5, 0.6) is 0 Å². The van der Waals surface area contributed by atoms with Crippen LogP contribution in [0.1, 0.15) is 34.3 Å². The van der Waals surface area contributed by atoms with Crippen molar-refractivity contribution in [1.82, 2.24) is 5.32 Å². The summed E-state index contributed by atoms with van der Waals surface area (Å²) in [4.78, 5) is 12.9. The molecule has 2 aliphatic rings. The Morgan fingerprint density at radius 1 is 0.952 bits per heavy atom. The molecule has 1 saturated heterocycles. The number of nitrogens with one attached hydrogen (secondary N) is 1. The summed E-state index contributed by atoms with van der Waals surface area (Å²) in [6, 6.07) is 14.7. The highest BCUT2D eigenvalue weighted by Crippen LogP contribution is 2.39. The highest BCUT2D eigenvalue weighted by molar-refractivity contribution is 6.02. The van der Waals surface area contributed by atoms with Crippen LogP contribution in [-0.2, 0) is 6.42 Å². The summed E-state index contributed by atoms with van der Waals surface area (Å²) in [5, 5.41) is 3.34. The molecule has 0 aromatic heterocycles. The summed E-state index contributed by atoms with van der Waals surface area (Å²) < 4.78 is 0. The number of benzene rings is 2. The van der Waals surface area contributed by atoms with Gasteiger partial charge < -0.3 is 5.32 Å². The molecule has 1 aliphatic heterocycles. The van der Waals surface area contributed by atoms with Crippen LogP contribution in [0.4, 0.5) is 0 Å². The van der Waals surface area contributed by atoms with Crippen molar-refractivity contribution in [3.8, 4) is 11.1 Å². The van der Waals surface area contributed by atoms with Crippen LogP contribution in [0.25, 0.3) is 11.1 Å². The number of rotatable bonds is 2. The van der Waals surface area contributed by atoms with Crippen molar-refractivity contribution in [2.45, 2.75) is 19.3 Å². The number of carbonyl (C=O) groups excluding carboxylic acids is 1. The van der Waals surface area contributed by atoms with Crippen molar-refractivity contribution in [2.75, 3.05) is 13.1 Å². The molecular weight excluding hydrogens is 258 g/mol.